The van der Waals surface area contributed by atoms with E-state index in [2.05, 4.69) is 4.74 Å². The first-order valence-corrected chi connectivity index (χ1v) is 8.53. The van der Waals surface area contributed by atoms with Gasteiger partial charge in [0, 0.05) is 12.7 Å². The Bertz CT molecular complexity index is 784. The van der Waals surface area contributed by atoms with Gasteiger partial charge in [-0.05, 0) is 18.3 Å². The molecule has 1 atom stereocenters. The molecule has 0 N–H and O–H groups in total. The van der Waals surface area contributed by atoms with Crippen molar-refractivity contribution in [1.82, 2.24) is 0 Å². The topological polar surface area (TPSA) is 59.3 Å². The van der Waals surface area contributed by atoms with Gasteiger partial charge in [-0.1, -0.05) is 26.8 Å². The van der Waals surface area contributed by atoms with Crippen LogP contribution in [-0.2, 0) is 27.5 Å². The van der Waals surface area contributed by atoms with E-state index in [9.17, 15) is 22.4 Å². The number of rotatable bonds is 8. The number of hydrogen-bond acceptors (Lipinski definition) is 4. The summed E-state index contributed by atoms with van der Waals surface area (Å²) in [6.45, 7) is 5.38. The summed E-state index contributed by atoms with van der Waals surface area (Å²) in [6.07, 6.45) is 1.57. The molecule has 1 aromatic carbocycles. The molecule has 4 nitrogen and oxygen atoms in total. The summed E-state index contributed by atoms with van der Waals surface area (Å²) in [4.78, 5) is 12.1. The Morgan fingerprint density at radius 3 is 2.00 bits per heavy atom. The van der Waals surface area contributed by atoms with E-state index in [0.29, 0.717) is 5.57 Å². The maximum atomic E-state index is 14.1. The minimum absolute atomic E-state index is 0.126. The number of methoxy groups -OCH3 is 1. The number of allylic oxidation sites excluding steroid dienone is 2. The average molecular weight is 401 g/mol. The van der Waals surface area contributed by atoms with Gasteiger partial charge < -0.3 is 9.47 Å². The van der Waals surface area contributed by atoms with E-state index in [4.69, 9.17) is 10.00 Å². The molecule has 154 valence electrons. The SMILES string of the molecule is COCc1c(F)c(F)c(COC(=O)CC(C)(C)C(C)C=C(C)C#N)c(F)c1F. The zero-order valence-electron chi connectivity index (χ0n) is 16.5. The molecule has 0 aliphatic heterocycles. The molecule has 0 aliphatic rings. The van der Waals surface area contributed by atoms with E-state index in [1.54, 1.807) is 26.8 Å². The Balaban J connectivity index is 2.93. The van der Waals surface area contributed by atoms with Crippen LogP contribution in [0, 0.1) is 45.9 Å². The van der Waals surface area contributed by atoms with Crippen LogP contribution in [0.25, 0.3) is 0 Å². The van der Waals surface area contributed by atoms with Gasteiger partial charge in [-0.25, -0.2) is 17.6 Å². The van der Waals surface area contributed by atoms with Gasteiger partial charge >= 0.3 is 5.97 Å². The second-order valence-electron chi connectivity index (χ2n) is 7.22. The van der Waals surface area contributed by atoms with E-state index in [-0.39, 0.29) is 12.3 Å². The zero-order chi connectivity index (χ0) is 21.6. The van der Waals surface area contributed by atoms with Gasteiger partial charge in [-0.15, -0.1) is 0 Å². The number of nitriles is 1. The normalized spacial score (nSPS) is 13.2. The largest absolute Gasteiger partial charge is 0.461 e. The van der Waals surface area contributed by atoms with Crippen molar-refractivity contribution in [3.8, 4) is 6.07 Å². The highest BCUT2D eigenvalue weighted by molar-refractivity contribution is 5.70. The second-order valence-corrected chi connectivity index (χ2v) is 7.22. The summed E-state index contributed by atoms with van der Waals surface area (Å²) in [7, 11) is 1.13. The first-order valence-electron chi connectivity index (χ1n) is 8.53. The lowest BCUT2D eigenvalue weighted by molar-refractivity contribution is -0.148. The fourth-order valence-corrected chi connectivity index (χ4v) is 2.49. The molecule has 0 aromatic heterocycles. The molecule has 0 saturated heterocycles. The summed E-state index contributed by atoms with van der Waals surface area (Å²) < 4.78 is 65.3. The van der Waals surface area contributed by atoms with Crippen molar-refractivity contribution < 1.29 is 31.8 Å². The lowest BCUT2D eigenvalue weighted by Crippen LogP contribution is -2.25. The molecule has 0 heterocycles. The van der Waals surface area contributed by atoms with Crippen LogP contribution in [0.4, 0.5) is 17.6 Å². The van der Waals surface area contributed by atoms with Crippen molar-refractivity contribution in [1.29, 1.82) is 5.26 Å². The monoisotopic (exact) mass is 401 g/mol. The highest BCUT2D eigenvalue weighted by Gasteiger charge is 2.30. The van der Waals surface area contributed by atoms with Gasteiger partial charge in [0.2, 0.25) is 0 Å². The smallest absolute Gasteiger partial charge is 0.306 e. The van der Waals surface area contributed by atoms with Crippen molar-refractivity contribution in [2.75, 3.05) is 7.11 Å². The second kappa shape index (κ2) is 9.69. The molecule has 1 aromatic rings. The van der Waals surface area contributed by atoms with Gasteiger partial charge in [0.25, 0.3) is 0 Å². The first kappa shape index (κ1) is 23.6. The van der Waals surface area contributed by atoms with E-state index in [1.165, 1.54) is 0 Å². The molecule has 8 heteroatoms. The van der Waals surface area contributed by atoms with Crippen LogP contribution in [0.1, 0.15) is 45.2 Å². The van der Waals surface area contributed by atoms with Gasteiger partial charge in [0.1, 0.15) is 6.61 Å². The molecule has 0 saturated carbocycles. The third-order valence-corrected chi connectivity index (χ3v) is 4.62. The van der Waals surface area contributed by atoms with Crippen LogP contribution in [0.3, 0.4) is 0 Å². The molecular formula is C20H23F4NO3. The summed E-state index contributed by atoms with van der Waals surface area (Å²) in [5.41, 5.74) is -2.01. The number of esters is 1. The van der Waals surface area contributed by atoms with Crippen LogP contribution in [0.5, 0.6) is 0 Å². The Kier molecular flexibility index (Phi) is 8.18. The Hall–Kier alpha value is -2.40. The summed E-state index contributed by atoms with van der Waals surface area (Å²) in [5, 5.41) is 8.84. The Morgan fingerprint density at radius 2 is 1.57 bits per heavy atom. The molecule has 0 bridgehead atoms. The summed E-state index contributed by atoms with van der Waals surface area (Å²) in [5.74, 6) is -7.38. The fourth-order valence-electron chi connectivity index (χ4n) is 2.49. The van der Waals surface area contributed by atoms with Gasteiger partial charge in [-0.2, -0.15) is 5.26 Å². The van der Waals surface area contributed by atoms with E-state index in [1.807, 2.05) is 13.0 Å². The van der Waals surface area contributed by atoms with Crippen LogP contribution in [0.15, 0.2) is 11.6 Å². The number of hydrogen-bond donors (Lipinski definition) is 0. The minimum Gasteiger partial charge on any atom is -0.461 e. The standard InChI is InChI=1S/C20H23F4NO3/c1-11(8-25)6-12(2)20(3,4)7-15(26)28-10-14-18(23)16(21)13(9-27-5)17(22)19(14)24/h6,12H,7,9-10H2,1-5H3. The predicted molar refractivity (Wildman–Crippen MR) is 93.7 cm³/mol. The van der Waals surface area contributed by atoms with Crippen LogP contribution < -0.4 is 0 Å². The molecule has 0 aliphatic carbocycles. The number of benzene rings is 1. The Labute approximate surface area is 161 Å². The number of nitrogens with zero attached hydrogens (tertiary/aromatic N) is 1. The van der Waals surface area contributed by atoms with Crippen LogP contribution >= 0.6 is 0 Å². The summed E-state index contributed by atoms with van der Waals surface area (Å²) >= 11 is 0. The third-order valence-electron chi connectivity index (χ3n) is 4.62. The quantitative estimate of drug-likeness (QED) is 0.268. The Morgan fingerprint density at radius 1 is 1.11 bits per heavy atom. The number of ether oxygens (including phenoxy) is 2. The van der Waals surface area contributed by atoms with Crippen molar-refractivity contribution in [2.45, 2.75) is 47.3 Å². The van der Waals surface area contributed by atoms with Crippen molar-refractivity contribution in [3.05, 3.63) is 46.0 Å². The molecule has 0 amide bonds. The van der Waals surface area contributed by atoms with Gasteiger partial charge in [0.05, 0.1) is 30.2 Å². The van der Waals surface area contributed by atoms with Crippen molar-refractivity contribution >= 4 is 5.97 Å². The summed E-state index contributed by atoms with van der Waals surface area (Å²) in [6, 6.07) is 1.99. The van der Waals surface area contributed by atoms with Crippen LogP contribution in [0.2, 0.25) is 0 Å². The molecule has 1 rings (SSSR count). The molecule has 1 unspecified atom stereocenters. The molecular weight excluding hydrogens is 378 g/mol. The molecule has 28 heavy (non-hydrogen) atoms. The van der Waals surface area contributed by atoms with Crippen LogP contribution in [-0.4, -0.2) is 13.1 Å². The predicted octanol–water partition coefficient (Wildman–Crippen LogP) is 4.95. The third kappa shape index (κ3) is 5.55. The zero-order valence-corrected chi connectivity index (χ0v) is 16.5. The van der Waals surface area contributed by atoms with Gasteiger partial charge in [-0.3, -0.25) is 4.79 Å². The van der Waals surface area contributed by atoms with E-state index in [0.717, 1.165) is 7.11 Å². The lowest BCUT2D eigenvalue weighted by atomic mass is 9.76. The highest BCUT2D eigenvalue weighted by Crippen LogP contribution is 2.33. The molecule has 0 radical (unpaired) electrons. The van der Waals surface area contributed by atoms with Crippen molar-refractivity contribution in [3.63, 3.8) is 0 Å². The molecule has 0 fully saturated rings. The number of carbonyl (C=O) groups excluding carboxylic acids is 1. The first-order chi connectivity index (χ1) is 13.0. The van der Waals surface area contributed by atoms with E-state index >= 15 is 0 Å². The number of carbonyl (C=O) groups is 1. The lowest BCUT2D eigenvalue weighted by Gasteiger charge is -2.29. The minimum atomic E-state index is -1.63. The molecule has 0 spiro atoms. The van der Waals surface area contributed by atoms with Crippen molar-refractivity contribution in [2.24, 2.45) is 11.3 Å². The maximum Gasteiger partial charge on any atom is 0.306 e. The average Bonchev–Trinajstić information content (AvgIpc) is 2.62. The fraction of sp³-hybridized carbons (Fsp3) is 0.500. The number of halogens is 4. The van der Waals surface area contributed by atoms with E-state index < -0.39 is 59.0 Å². The maximum absolute atomic E-state index is 14.1. The van der Waals surface area contributed by atoms with Gasteiger partial charge in [0.15, 0.2) is 23.3 Å². The highest BCUT2D eigenvalue weighted by atomic mass is 19.2.